The van der Waals surface area contributed by atoms with E-state index in [-0.39, 0.29) is 17.7 Å². The first-order valence-electron chi connectivity index (χ1n) is 9.87. The molecule has 30 heavy (non-hydrogen) atoms. The fourth-order valence-electron chi connectivity index (χ4n) is 3.65. The lowest BCUT2D eigenvalue weighted by molar-refractivity contribution is -0.121. The summed E-state index contributed by atoms with van der Waals surface area (Å²) >= 11 is 1.40. The molecular formula is C23H23N3O3S. The molecule has 0 unspecified atom stereocenters. The van der Waals surface area contributed by atoms with Crippen molar-refractivity contribution >= 4 is 28.8 Å². The number of hydrogen-bond donors (Lipinski definition) is 1. The number of carbonyl (C=O) groups is 2. The van der Waals surface area contributed by atoms with Crippen LogP contribution < -0.4 is 10.1 Å². The summed E-state index contributed by atoms with van der Waals surface area (Å²) in [4.78, 5) is 31.1. The van der Waals surface area contributed by atoms with Crippen LogP contribution in [0.25, 0.3) is 11.1 Å². The number of thiazole rings is 1. The molecule has 4 rings (SSSR count). The SMILES string of the molecule is COc1cccc(-c2ccc(NC(=O)[C@@H]3CCCN(C(=O)c4cscn4)C3)cc2)c1. The maximum Gasteiger partial charge on any atom is 0.273 e. The largest absolute Gasteiger partial charge is 0.497 e. The lowest BCUT2D eigenvalue weighted by Gasteiger charge is -2.31. The zero-order chi connectivity index (χ0) is 20.9. The summed E-state index contributed by atoms with van der Waals surface area (Å²) in [5.41, 5.74) is 4.94. The number of hydrogen-bond acceptors (Lipinski definition) is 5. The number of benzene rings is 2. The second-order valence-electron chi connectivity index (χ2n) is 7.26. The van der Waals surface area contributed by atoms with Crippen LogP contribution in [0.1, 0.15) is 23.3 Å². The van der Waals surface area contributed by atoms with Gasteiger partial charge < -0.3 is 15.0 Å². The molecule has 1 N–H and O–H groups in total. The third kappa shape index (κ3) is 4.52. The number of rotatable bonds is 5. The van der Waals surface area contributed by atoms with Crippen LogP contribution in [-0.4, -0.2) is 41.9 Å². The van der Waals surface area contributed by atoms with E-state index >= 15 is 0 Å². The minimum atomic E-state index is -0.223. The Bertz CT molecular complexity index is 1020. The van der Waals surface area contributed by atoms with Crippen LogP contribution in [-0.2, 0) is 4.79 Å². The number of likely N-dealkylation sites (tertiary alicyclic amines) is 1. The summed E-state index contributed by atoms with van der Waals surface area (Å²) in [6.45, 7) is 1.08. The average molecular weight is 422 g/mol. The second-order valence-corrected chi connectivity index (χ2v) is 7.98. The number of methoxy groups -OCH3 is 1. The Labute approximate surface area is 179 Å². The van der Waals surface area contributed by atoms with Crippen molar-refractivity contribution in [1.82, 2.24) is 9.88 Å². The third-order valence-corrected chi connectivity index (χ3v) is 5.87. The van der Waals surface area contributed by atoms with Crippen molar-refractivity contribution in [3.63, 3.8) is 0 Å². The number of aromatic nitrogens is 1. The number of piperidine rings is 1. The van der Waals surface area contributed by atoms with Crippen LogP contribution in [0.5, 0.6) is 5.75 Å². The van der Waals surface area contributed by atoms with Gasteiger partial charge in [-0.25, -0.2) is 4.98 Å². The molecule has 3 aromatic rings. The van der Waals surface area contributed by atoms with Crippen molar-refractivity contribution in [2.24, 2.45) is 5.92 Å². The van der Waals surface area contributed by atoms with E-state index in [0.717, 1.165) is 35.4 Å². The van der Waals surface area contributed by atoms with Gasteiger partial charge in [-0.2, -0.15) is 0 Å². The minimum Gasteiger partial charge on any atom is -0.497 e. The Morgan fingerprint density at radius 3 is 2.73 bits per heavy atom. The number of anilines is 1. The van der Waals surface area contributed by atoms with E-state index in [4.69, 9.17) is 4.74 Å². The topological polar surface area (TPSA) is 71.5 Å². The normalized spacial score (nSPS) is 16.2. The average Bonchev–Trinajstić information content (AvgIpc) is 3.34. The van der Waals surface area contributed by atoms with Gasteiger partial charge in [0.1, 0.15) is 11.4 Å². The van der Waals surface area contributed by atoms with Crippen molar-refractivity contribution in [2.45, 2.75) is 12.8 Å². The molecule has 2 heterocycles. The molecule has 1 aliphatic heterocycles. The number of nitrogens with zero attached hydrogens (tertiary/aromatic N) is 2. The van der Waals surface area contributed by atoms with E-state index in [9.17, 15) is 9.59 Å². The van der Waals surface area contributed by atoms with E-state index < -0.39 is 0 Å². The van der Waals surface area contributed by atoms with Crippen LogP contribution in [0.15, 0.2) is 59.4 Å². The fourth-order valence-corrected chi connectivity index (χ4v) is 4.17. The van der Waals surface area contributed by atoms with E-state index in [1.807, 2.05) is 48.5 Å². The Balaban J connectivity index is 1.39. The van der Waals surface area contributed by atoms with Crippen molar-refractivity contribution < 1.29 is 14.3 Å². The molecule has 1 saturated heterocycles. The van der Waals surface area contributed by atoms with Crippen LogP contribution in [0.2, 0.25) is 0 Å². The summed E-state index contributed by atoms with van der Waals surface area (Å²) in [7, 11) is 1.65. The van der Waals surface area contributed by atoms with Gasteiger partial charge >= 0.3 is 0 Å². The van der Waals surface area contributed by atoms with Crippen molar-refractivity contribution in [2.75, 3.05) is 25.5 Å². The molecule has 7 heteroatoms. The van der Waals surface area contributed by atoms with Crippen molar-refractivity contribution in [3.05, 3.63) is 65.1 Å². The van der Waals surface area contributed by atoms with Gasteiger partial charge in [0.15, 0.2) is 0 Å². The molecule has 0 aliphatic carbocycles. The molecule has 6 nitrogen and oxygen atoms in total. The summed E-state index contributed by atoms with van der Waals surface area (Å²) in [6.07, 6.45) is 1.58. The molecule has 0 bridgehead atoms. The molecule has 2 aromatic carbocycles. The number of ether oxygens (including phenoxy) is 1. The monoisotopic (exact) mass is 421 g/mol. The highest BCUT2D eigenvalue weighted by Crippen LogP contribution is 2.26. The molecule has 0 radical (unpaired) electrons. The molecule has 0 spiro atoms. The summed E-state index contributed by atoms with van der Waals surface area (Å²) in [6, 6.07) is 15.6. The summed E-state index contributed by atoms with van der Waals surface area (Å²) in [5, 5.41) is 4.74. The standard InChI is InChI=1S/C23H23N3O3S/c1-29-20-6-2-4-17(12-20)16-7-9-19(10-8-16)25-22(27)18-5-3-11-26(13-18)23(28)21-14-30-15-24-21/h2,4,6-10,12,14-15,18H,3,5,11,13H2,1H3,(H,25,27)/t18-/m1/s1. The lowest BCUT2D eigenvalue weighted by atomic mass is 9.96. The maximum atomic E-state index is 12.8. The number of nitrogens with one attached hydrogen (secondary N) is 1. The van der Waals surface area contributed by atoms with Gasteiger partial charge in [0.25, 0.3) is 5.91 Å². The Morgan fingerprint density at radius 2 is 2.00 bits per heavy atom. The summed E-state index contributed by atoms with van der Waals surface area (Å²) < 4.78 is 5.28. The maximum absolute atomic E-state index is 12.8. The van der Waals surface area contributed by atoms with Crippen molar-refractivity contribution in [3.8, 4) is 16.9 Å². The highest BCUT2D eigenvalue weighted by atomic mass is 32.1. The first kappa shape index (κ1) is 20.1. The van der Waals surface area contributed by atoms with Gasteiger partial charge in [-0.1, -0.05) is 24.3 Å². The fraction of sp³-hybridized carbons (Fsp3) is 0.261. The van der Waals surface area contributed by atoms with Gasteiger partial charge in [0, 0.05) is 24.2 Å². The lowest BCUT2D eigenvalue weighted by Crippen LogP contribution is -2.43. The van der Waals surface area contributed by atoms with E-state index in [2.05, 4.69) is 10.3 Å². The molecule has 1 fully saturated rings. The van der Waals surface area contributed by atoms with Crippen LogP contribution in [0.4, 0.5) is 5.69 Å². The molecule has 154 valence electrons. The highest BCUT2D eigenvalue weighted by molar-refractivity contribution is 7.07. The first-order chi connectivity index (χ1) is 14.6. The quantitative estimate of drug-likeness (QED) is 0.666. The van der Waals surface area contributed by atoms with Crippen molar-refractivity contribution in [1.29, 1.82) is 0 Å². The minimum absolute atomic E-state index is 0.0556. The van der Waals surface area contributed by atoms with Crippen LogP contribution >= 0.6 is 11.3 Å². The number of carbonyl (C=O) groups excluding carboxylic acids is 2. The zero-order valence-electron chi connectivity index (χ0n) is 16.7. The predicted octanol–water partition coefficient (Wildman–Crippen LogP) is 4.31. The van der Waals surface area contributed by atoms with E-state index in [1.54, 1.807) is 22.9 Å². The first-order valence-corrected chi connectivity index (χ1v) is 10.8. The van der Waals surface area contributed by atoms with E-state index in [0.29, 0.717) is 18.8 Å². The molecule has 1 aliphatic rings. The second kappa shape index (κ2) is 9.09. The van der Waals surface area contributed by atoms with Gasteiger partial charge in [-0.3, -0.25) is 9.59 Å². The van der Waals surface area contributed by atoms with Gasteiger partial charge in [-0.05, 0) is 48.2 Å². The van der Waals surface area contributed by atoms with Gasteiger partial charge in [0.2, 0.25) is 5.91 Å². The Morgan fingerprint density at radius 1 is 1.17 bits per heavy atom. The third-order valence-electron chi connectivity index (χ3n) is 5.29. The molecule has 1 atom stereocenters. The predicted molar refractivity (Wildman–Crippen MR) is 118 cm³/mol. The summed E-state index contributed by atoms with van der Waals surface area (Å²) in [5.74, 6) is 0.426. The molecule has 1 aromatic heterocycles. The van der Waals surface area contributed by atoms with Crippen LogP contribution in [0.3, 0.4) is 0 Å². The Hall–Kier alpha value is -3.19. The smallest absolute Gasteiger partial charge is 0.273 e. The van der Waals surface area contributed by atoms with Gasteiger partial charge in [-0.15, -0.1) is 11.3 Å². The number of amides is 2. The van der Waals surface area contributed by atoms with Gasteiger partial charge in [0.05, 0.1) is 18.5 Å². The van der Waals surface area contributed by atoms with Crippen LogP contribution in [0, 0.1) is 5.92 Å². The van der Waals surface area contributed by atoms with E-state index in [1.165, 1.54) is 11.3 Å². The highest BCUT2D eigenvalue weighted by Gasteiger charge is 2.29. The molecule has 2 amide bonds. The zero-order valence-corrected chi connectivity index (χ0v) is 17.5. The molecular weight excluding hydrogens is 398 g/mol. The molecule has 0 saturated carbocycles. The Kier molecular flexibility index (Phi) is 6.09.